The summed E-state index contributed by atoms with van der Waals surface area (Å²) in [6.45, 7) is 0. The van der Waals surface area contributed by atoms with Gasteiger partial charge >= 0.3 is 5.97 Å². The average Bonchev–Trinajstić information content (AvgIpc) is 3.06. The second-order valence-corrected chi connectivity index (χ2v) is 6.28. The number of rotatable bonds is 4. The highest BCUT2D eigenvalue weighted by Gasteiger charge is 2.25. The molecule has 0 atom stereocenters. The summed E-state index contributed by atoms with van der Waals surface area (Å²) in [6, 6.07) is 6.25. The Morgan fingerprint density at radius 1 is 1.35 bits per heavy atom. The summed E-state index contributed by atoms with van der Waals surface area (Å²) >= 11 is 1.85. The monoisotopic (exact) mass is 348 g/mol. The molecule has 0 aliphatic carbocycles. The molecule has 0 spiro atoms. The fourth-order valence-electron chi connectivity index (χ4n) is 1.75. The van der Waals surface area contributed by atoms with Crippen LogP contribution in [0, 0.1) is 0 Å². The molecule has 0 unspecified atom stereocenters. The van der Waals surface area contributed by atoms with E-state index in [4.69, 9.17) is 9.52 Å². The van der Waals surface area contributed by atoms with Crippen molar-refractivity contribution in [2.45, 2.75) is 10.1 Å². The van der Waals surface area contributed by atoms with E-state index in [1.165, 1.54) is 18.3 Å². The van der Waals surface area contributed by atoms with E-state index in [1.807, 2.05) is 0 Å². The van der Waals surface area contributed by atoms with Crippen LogP contribution in [0.5, 0.6) is 0 Å². The van der Waals surface area contributed by atoms with E-state index in [2.05, 4.69) is 10.3 Å². The Morgan fingerprint density at radius 3 is 2.87 bits per heavy atom. The lowest BCUT2D eigenvalue weighted by Crippen LogP contribution is -2.17. The number of aromatic nitrogens is 1. The number of hydrogen-bond donors (Lipinski definition) is 2. The Balaban J connectivity index is 1.81. The molecule has 0 saturated carbocycles. The molecule has 0 aromatic carbocycles. The minimum atomic E-state index is -1.08. The van der Waals surface area contributed by atoms with Crippen LogP contribution in [-0.4, -0.2) is 27.2 Å². The Labute approximate surface area is 138 Å². The van der Waals surface area contributed by atoms with E-state index in [1.54, 1.807) is 18.2 Å². The third-order valence-corrected chi connectivity index (χ3v) is 4.47. The Morgan fingerprint density at radius 2 is 2.17 bits per heavy atom. The maximum Gasteiger partial charge on any atom is 0.338 e. The number of nitrogens with one attached hydrogen (secondary N) is 1. The topological polar surface area (TPSA) is 110 Å². The number of carboxylic acid groups (broad SMARTS) is 1. The summed E-state index contributed by atoms with van der Waals surface area (Å²) in [7, 11) is 0. The second kappa shape index (κ2) is 6.31. The molecule has 3 heterocycles. The van der Waals surface area contributed by atoms with E-state index in [0.717, 1.165) is 23.5 Å². The van der Waals surface area contributed by atoms with E-state index < -0.39 is 17.1 Å². The molecule has 23 heavy (non-hydrogen) atoms. The van der Waals surface area contributed by atoms with Gasteiger partial charge in [0.25, 0.3) is 11.1 Å². The van der Waals surface area contributed by atoms with E-state index in [9.17, 15) is 14.4 Å². The number of furan rings is 1. The molecule has 0 radical (unpaired) electrons. The minimum absolute atomic E-state index is 0.0742. The smallest absolute Gasteiger partial charge is 0.338 e. The quantitative estimate of drug-likeness (QED) is 0.812. The van der Waals surface area contributed by atoms with Crippen molar-refractivity contribution >= 4 is 46.7 Å². The Bertz CT molecular complexity index is 843. The van der Waals surface area contributed by atoms with Crippen molar-refractivity contribution in [2.24, 2.45) is 0 Å². The number of thioether (sulfide) groups is 1. The van der Waals surface area contributed by atoms with Crippen molar-refractivity contribution in [1.29, 1.82) is 0 Å². The van der Waals surface area contributed by atoms with Crippen molar-refractivity contribution < 1.29 is 23.9 Å². The van der Waals surface area contributed by atoms with Gasteiger partial charge in [-0.05, 0) is 47.8 Å². The van der Waals surface area contributed by atoms with Gasteiger partial charge in [-0.2, -0.15) is 0 Å². The van der Waals surface area contributed by atoms with Gasteiger partial charge in [0.1, 0.15) is 10.8 Å². The molecule has 9 heteroatoms. The first-order chi connectivity index (χ1) is 11.0. The molecule has 1 aliphatic rings. The highest BCUT2D eigenvalue weighted by Crippen LogP contribution is 2.32. The van der Waals surface area contributed by atoms with Crippen LogP contribution in [0.15, 0.2) is 49.9 Å². The third kappa shape index (κ3) is 3.46. The lowest BCUT2D eigenvalue weighted by atomic mass is 10.3. The molecule has 0 bridgehead atoms. The number of amides is 2. The Hall–Kier alpha value is -2.52. The predicted octanol–water partition coefficient (Wildman–Crippen LogP) is 2.85. The van der Waals surface area contributed by atoms with Crippen molar-refractivity contribution in [3.05, 3.63) is 46.7 Å². The molecule has 116 valence electrons. The lowest BCUT2D eigenvalue weighted by Gasteiger charge is -2.01. The van der Waals surface area contributed by atoms with Crippen molar-refractivity contribution in [3.63, 3.8) is 0 Å². The summed E-state index contributed by atoms with van der Waals surface area (Å²) in [6.07, 6.45) is 2.94. The fourth-order valence-corrected chi connectivity index (χ4v) is 3.25. The van der Waals surface area contributed by atoms with Gasteiger partial charge in [-0.15, -0.1) is 0 Å². The summed E-state index contributed by atoms with van der Waals surface area (Å²) in [5.74, 6) is -1.16. The average molecular weight is 348 g/mol. The van der Waals surface area contributed by atoms with Crippen molar-refractivity contribution in [2.75, 3.05) is 0 Å². The molecule has 2 amide bonds. The van der Waals surface area contributed by atoms with Crippen LogP contribution in [-0.2, 0) is 4.79 Å². The largest absolute Gasteiger partial charge is 0.478 e. The summed E-state index contributed by atoms with van der Waals surface area (Å²) in [4.78, 5) is 38.0. The molecule has 2 aromatic heterocycles. The molecular formula is C14H8N2O5S2. The van der Waals surface area contributed by atoms with Crippen molar-refractivity contribution in [3.8, 4) is 0 Å². The molecule has 1 fully saturated rings. The molecule has 1 aliphatic heterocycles. The van der Waals surface area contributed by atoms with Gasteiger partial charge in [0, 0.05) is 12.3 Å². The minimum Gasteiger partial charge on any atom is -0.478 e. The number of carboxylic acids is 1. The third-order valence-electron chi connectivity index (χ3n) is 2.72. The first kappa shape index (κ1) is 15.4. The van der Waals surface area contributed by atoms with Crippen LogP contribution < -0.4 is 5.32 Å². The maximum absolute atomic E-state index is 11.5. The highest BCUT2D eigenvalue weighted by atomic mass is 32.2. The molecule has 2 N–H and O–H groups in total. The van der Waals surface area contributed by atoms with Crippen LogP contribution in [0.25, 0.3) is 6.08 Å². The van der Waals surface area contributed by atoms with Crippen LogP contribution >= 0.6 is 23.5 Å². The second-order valence-electron chi connectivity index (χ2n) is 4.27. The van der Waals surface area contributed by atoms with Gasteiger partial charge in [0.2, 0.25) is 0 Å². The first-order valence-corrected chi connectivity index (χ1v) is 7.87. The normalized spacial score (nSPS) is 15.9. The van der Waals surface area contributed by atoms with E-state index in [-0.39, 0.29) is 10.5 Å². The standard InChI is InChI=1S/C14H8N2O5S2/c17-11-9(22-14(20)16-11)6-7-3-4-10(21-7)23-12-8(13(18)19)2-1-5-15-12/h1-6H,(H,18,19)(H,16,17,20)/b9-6-. The molecular weight excluding hydrogens is 340 g/mol. The van der Waals surface area contributed by atoms with Crippen LogP contribution in [0.3, 0.4) is 0 Å². The van der Waals surface area contributed by atoms with Gasteiger partial charge in [0.15, 0.2) is 5.09 Å². The highest BCUT2D eigenvalue weighted by molar-refractivity contribution is 8.18. The number of hydrogen-bond acceptors (Lipinski definition) is 7. The number of carbonyl (C=O) groups is 3. The zero-order valence-electron chi connectivity index (χ0n) is 11.3. The zero-order chi connectivity index (χ0) is 16.4. The number of aromatic carboxylic acids is 1. The first-order valence-electron chi connectivity index (χ1n) is 6.24. The SMILES string of the molecule is O=C1NC(=O)/C(=C/c2ccc(Sc3ncccc3C(=O)O)o2)S1. The fraction of sp³-hybridized carbons (Fsp3) is 0. The van der Waals surface area contributed by atoms with Crippen molar-refractivity contribution in [1.82, 2.24) is 10.3 Å². The molecule has 7 nitrogen and oxygen atoms in total. The number of pyridine rings is 1. The zero-order valence-corrected chi connectivity index (χ0v) is 12.9. The van der Waals surface area contributed by atoms with Crippen LogP contribution in [0.4, 0.5) is 4.79 Å². The Kier molecular flexibility index (Phi) is 4.22. The van der Waals surface area contributed by atoms with Gasteiger partial charge < -0.3 is 9.52 Å². The van der Waals surface area contributed by atoms with E-state index >= 15 is 0 Å². The predicted molar refractivity (Wildman–Crippen MR) is 83.1 cm³/mol. The summed E-state index contributed by atoms with van der Waals surface area (Å²) in [5.41, 5.74) is 0.0742. The van der Waals surface area contributed by atoms with Gasteiger partial charge in [0.05, 0.1) is 10.5 Å². The maximum atomic E-state index is 11.5. The number of carbonyl (C=O) groups excluding carboxylic acids is 2. The van der Waals surface area contributed by atoms with Gasteiger partial charge in [-0.1, -0.05) is 0 Å². The lowest BCUT2D eigenvalue weighted by molar-refractivity contribution is -0.115. The molecule has 1 saturated heterocycles. The summed E-state index contributed by atoms with van der Waals surface area (Å²) in [5, 5.41) is 11.6. The molecule has 3 rings (SSSR count). The molecule has 2 aromatic rings. The van der Waals surface area contributed by atoms with Crippen LogP contribution in [0.1, 0.15) is 16.1 Å². The van der Waals surface area contributed by atoms with Crippen LogP contribution in [0.2, 0.25) is 0 Å². The van der Waals surface area contributed by atoms with E-state index in [0.29, 0.717) is 15.9 Å². The van der Waals surface area contributed by atoms with Gasteiger partial charge in [-0.3, -0.25) is 14.9 Å². The van der Waals surface area contributed by atoms with Gasteiger partial charge in [-0.25, -0.2) is 9.78 Å². The number of nitrogens with zero attached hydrogens (tertiary/aromatic N) is 1. The number of imide groups is 1. The summed E-state index contributed by atoms with van der Waals surface area (Å²) < 4.78 is 5.52.